The molecule has 0 N–H and O–H groups in total. The number of hydrogen-bond donors (Lipinski definition) is 0. The lowest BCUT2D eigenvalue weighted by atomic mass is 10.0. The second-order valence-electron chi connectivity index (χ2n) is 7.02. The highest BCUT2D eigenvalue weighted by Crippen LogP contribution is 2.38. The van der Waals surface area contributed by atoms with Crippen LogP contribution >= 0.6 is 11.8 Å². The van der Waals surface area contributed by atoms with Gasteiger partial charge in [-0.3, -0.25) is 14.5 Å². The first-order valence-electron chi connectivity index (χ1n) is 9.46. The average molecular weight is 420 g/mol. The van der Waals surface area contributed by atoms with Crippen LogP contribution in [0.3, 0.4) is 0 Å². The van der Waals surface area contributed by atoms with Crippen molar-refractivity contribution < 1.29 is 19.1 Å². The monoisotopic (exact) mass is 419 g/mol. The van der Waals surface area contributed by atoms with Crippen LogP contribution in [0.4, 0.5) is 4.79 Å². The van der Waals surface area contributed by atoms with Gasteiger partial charge in [-0.2, -0.15) is 0 Å². The van der Waals surface area contributed by atoms with E-state index in [-0.39, 0.29) is 17.7 Å². The van der Waals surface area contributed by atoms with Crippen molar-refractivity contribution >= 4 is 39.8 Å². The molecule has 1 saturated heterocycles. The number of amides is 2. The topological polar surface area (TPSA) is 55.8 Å². The molecule has 5 nitrogen and oxygen atoms in total. The number of imide groups is 1. The molecule has 0 radical (unpaired) electrons. The first-order chi connectivity index (χ1) is 14.5. The molecular formula is C24H21NO4S. The van der Waals surface area contributed by atoms with Gasteiger partial charge in [-0.25, -0.2) is 0 Å². The molecule has 30 heavy (non-hydrogen) atoms. The second-order valence-corrected chi connectivity index (χ2v) is 8.02. The number of nitrogens with zero attached hydrogens (tertiary/aromatic N) is 1. The average Bonchev–Trinajstić information content (AvgIpc) is 3.02. The van der Waals surface area contributed by atoms with Gasteiger partial charge >= 0.3 is 0 Å². The molecule has 1 heterocycles. The summed E-state index contributed by atoms with van der Waals surface area (Å²) in [5.74, 6) is 1.03. The van der Waals surface area contributed by atoms with Crippen molar-refractivity contribution in [2.75, 3.05) is 14.2 Å². The SMILES string of the molecule is COc1ccc2ccc(OC)c(/C=C3\SC(=O)N(Cc4ccc(C)cc4)C3=O)c2c1. The number of hydrogen-bond acceptors (Lipinski definition) is 5. The van der Waals surface area contributed by atoms with E-state index < -0.39 is 0 Å². The highest BCUT2D eigenvalue weighted by atomic mass is 32.2. The second kappa shape index (κ2) is 8.24. The Balaban J connectivity index is 1.72. The predicted molar refractivity (Wildman–Crippen MR) is 120 cm³/mol. The Morgan fingerprint density at radius 1 is 0.967 bits per heavy atom. The van der Waals surface area contributed by atoms with Crippen LogP contribution in [0, 0.1) is 6.92 Å². The summed E-state index contributed by atoms with van der Waals surface area (Å²) >= 11 is 0.948. The number of benzene rings is 3. The lowest BCUT2D eigenvalue weighted by molar-refractivity contribution is -0.123. The van der Waals surface area contributed by atoms with Gasteiger partial charge in [0.25, 0.3) is 11.1 Å². The maximum atomic E-state index is 13.0. The van der Waals surface area contributed by atoms with Crippen LogP contribution in [-0.4, -0.2) is 30.3 Å². The van der Waals surface area contributed by atoms with Gasteiger partial charge in [-0.1, -0.05) is 42.0 Å². The number of carbonyl (C=O) groups excluding carboxylic acids is 2. The van der Waals surface area contributed by atoms with Gasteiger partial charge in [0.1, 0.15) is 11.5 Å². The van der Waals surface area contributed by atoms with Crippen LogP contribution in [0.2, 0.25) is 0 Å². The fraction of sp³-hybridized carbons (Fsp3) is 0.167. The molecule has 0 atom stereocenters. The van der Waals surface area contributed by atoms with Crippen molar-refractivity contribution in [3.8, 4) is 11.5 Å². The number of rotatable bonds is 5. The summed E-state index contributed by atoms with van der Waals surface area (Å²) in [6.07, 6.45) is 1.74. The maximum absolute atomic E-state index is 13.0. The third-order valence-corrected chi connectivity index (χ3v) is 5.97. The van der Waals surface area contributed by atoms with Gasteiger partial charge in [0.15, 0.2) is 0 Å². The van der Waals surface area contributed by atoms with Crippen LogP contribution in [0.5, 0.6) is 11.5 Å². The lowest BCUT2D eigenvalue weighted by Crippen LogP contribution is -2.27. The third-order valence-electron chi connectivity index (χ3n) is 5.06. The largest absolute Gasteiger partial charge is 0.497 e. The predicted octanol–water partition coefficient (Wildman–Crippen LogP) is 5.40. The quantitative estimate of drug-likeness (QED) is 0.518. The Kier molecular flexibility index (Phi) is 5.50. The normalized spacial score (nSPS) is 15.3. The van der Waals surface area contributed by atoms with Crippen molar-refractivity contribution in [2.45, 2.75) is 13.5 Å². The Labute approximate surface area is 179 Å². The number of thioether (sulfide) groups is 1. The molecule has 0 spiro atoms. The van der Waals surface area contributed by atoms with E-state index in [4.69, 9.17) is 9.47 Å². The van der Waals surface area contributed by atoms with Crippen molar-refractivity contribution in [1.82, 2.24) is 4.90 Å². The summed E-state index contributed by atoms with van der Waals surface area (Å²) in [5.41, 5.74) is 2.79. The van der Waals surface area contributed by atoms with Crippen LogP contribution in [0.25, 0.3) is 16.8 Å². The lowest BCUT2D eigenvalue weighted by Gasteiger charge is -2.13. The van der Waals surface area contributed by atoms with E-state index in [0.29, 0.717) is 16.4 Å². The summed E-state index contributed by atoms with van der Waals surface area (Å²) in [4.78, 5) is 27.2. The van der Waals surface area contributed by atoms with Gasteiger partial charge in [0.2, 0.25) is 0 Å². The van der Waals surface area contributed by atoms with E-state index >= 15 is 0 Å². The minimum absolute atomic E-state index is 0.253. The summed E-state index contributed by atoms with van der Waals surface area (Å²) in [6, 6.07) is 17.4. The van der Waals surface area contributed by atoms with Gasteiger partial charge in [-0.05, 0) is 59.3 Å². The molecule has 0 saturated carbocycles. The van der Waals surface area contributed by atoms with Crippen molar-refractivity contribution in [2.24, 2.45) is 0 Å². The van der Waals surface area contributed by atoms with Gasteiger partial charge in [-0.15, -0.1) is 0 Å². The Hall–Kier alpha value is -3.25. The summed E-state index contributed by atoms with van der Waals surface area (Å²) in [6.45, 7) is 2.25. The maximum Gasteiger partial charge on any atom is 0.293 e. The Bertz CT molecular complexity index is 1160. The van der Waals surface area contributed by atoms with Gasteiger partial charge < -0.3 is 9.47 Å². The Morgan fingerprint density at radius 3 is 2.40 bits per heavy atom. The van der Waals surface area contributed by atoms with Crippen LogP contribution in [-0.2, 0) is 11.3 Å². The molecular weight excluding hydrogens is 398 g/mol. The van der Waals surface area contributed by atoms with Crippen LogP contribution in [0.1, 0.15) is 16.7 Å². The molecule has 2 amide bonds. The molecule has 6 heteroatoms. The van der Waals surface area contributed by atoms with Gasteiger partial charge in [0, 0.05) is 5.56 Å². The molecule has 0 bridgehead atoms. The van der Waals surface area contributed by atoms with E-state index in [1.165, 1.54) is 4.90 Å². The first-order valence-corrected chi connectivity index (χ1v) is 10.3. The molecule has 3 aromatic carbocycles. The van der Waals surface area contributed by atoms with Crippen molar-refractivity contribution in [1.29, 1.82) is 0 Å². The van der Waals surface area contributed by atoms with Crippen LogP contribution in [0.15, 0.2) is 59.5 Å². The molecule has 1 fully saturated rings. The number of methoxy groups -OCH3 is 2. The number of ether oxygens (including phenoxy) is 2. The molecule has 0 aliphatic carbocycles. The zero-order valence-electron chi connectivity index (χ0n) is 17.0. The molecule has 0 aromatic heterocycles. The fourth-order valence-corrected chi connectivity index (χ4v) is 4.22. The number of carbonyl (C=O) groups is 2. The first kappa shape index (κ1) is 20.0. The van der Waals surface area contributed by atoms with E-state index in [9.17, 15) is 9.59 Å². The van der Waals surface area contributed by atoms with Crippen LogP contribution < -0.4 is 9.47 Å². The zero-order valence-corrected chi connectivity index (χ0v) is 17.8. The minimum atomic E-state index is -0.299. The molecule has 1 aliphatic rings. The molecule has 3 aromatic rings. The Morgan fingerprint density at radius 2 is 1.70 bits per heavy atom. The zero-order chi connectivity index (χ0) is 21.3. The van der Waals surface area contributed by atoms with E-state index in [2.05, 4.69) is 0 Å². The standard InChI is InChI=1S/C24H21NO4S/c1-15-4-6-16(7-5-15)14-25-23(26)22(30-24(25)27)13-20-19-12-18(28-2)10-8-17(19)9-11-21(20)29-3/h4-13H,14H2,1-3H3/b22-13-. The highest BCUT2D eigenvalue weighted by Gasteiger charge is 2.35. The fourth-order valence-electron chi connectivity index (χ4n) is 3.40. The number of fused-ring (bicyclic) bond motifs is 1. The van der Waals surface area contributed by atoms with E-state index in [0.717, 1.165) is 39.2 Å². The molecule has 4 rings (SSSR count). The van der Waals surface area contributed by atoms with Gasteiger partial charge in [0.05, 0.1) is 25.7 Å². The van der Waals surface area contributed by atoms with Crippen molar-refractivity contribution in [3.05, 3.63) is 76.2 Å². The molecule has 152 valence electrons. The smallest absolute Gasteiger partial charge is 0.293 e. The van der Waals surface area contributed by atoms with Crippen molar-refractivity contribution in [3.63, 3.8) is 0 Å². The molecule has 0 unspecified atom stereocenters. The number of aryl methyl sites for hydroxylation is 1. The summed E-state index contributed by atoms with van der Waals surface area (Å²) < 4.78 is 10.9. The minimum Gasteiger partial charge on any atom is -0.497 e. The summed E-state index contributed by atoms with van der Waals surface area (Å²) in [5, 5.41) is 1.60. The molecule has 1 aliphatic heterocycles. The van der Waals surface area contributed by atoms with E-state index in [1.54, 1.807) is 20.3 Å². The highest BCUT2D eigenvalue weighted by molar-refractivity contribution is 8.18. The third kappa shape index (κ3) is 3.78. The summed E-state index contributed by atoms with van der Waals surface area (Å²) in [7, 11) is 3.19. The van der Waals surface area contributed by atoms with E-state index in [1.807, 2.05) is 61.5 Å².